The van der Waals surface area contributed by atoms with Crippen molar-refractivity contribution in [3.63, 3.8) is 0 Å². The van der Waals surface area contributed by atoms with Crippen LogP contribution in [0.3, 0.4) is 0 Å². The van der Waals surface area contributed by atoms with Gasteiger partial charge in [-0.05, 0) is 82.4 Å². The lowest BCUT2D eigenvalue weighted by atomic mass is 9.84. The zero-order valence-electron chi connectivity index (χ0n) is 29.3. The predicted molar refractivity (Wildman–Crippen MR) is 188 cm³/mol. The molecule has 1 aromatic carbocycles. The van der Waals surface area contributed by atoms with E-state index in [1.54, 1.807) is 6.08 Å². The van der Waals surface area contributed by atoms with Crippen LogP contribution >= 0.6 is 0 Å². The van der Waals surface area contributed by atoms with Gasteiger partial charge in [0.1, 0.15) is 0 Å². The largest absolute Gasteiger partial charge is 0.103 e. The van der Waals surface area contributed by atoms with Crippen LogP contribution in [0, 0.1) is 11.8 Å². The number of allylic oxidation sites excluding steroid dienone is 7. The highest BCUT2D eigenvalue weighted by Crippen LogP contribution is 2.27. The maximum Gasteiger partial charge on any atom is -0.0225 e. The second-order valence-electron chi connectivity index (χ2n) is 10.6. The zero-order valence-corrected chi connectivity index (χ0v) is 29.3. The Morgan fingerprint density at radius 2 is 1.33 bits per heavy atom. The summed E-state index contributed by atoms with van der Waals surface area (Å²) in [7, 11) is 0. The molecule has 1 aliphatic carbocycles. The minimum Gasteiger partial charge on any atom is -0.103 e. The summed E-state index contributed by atoms with van der Waals surface area (Å²) in [6.07, 6.45) is 20.3. The molecule has 1 aliphatic rings. The van der Waals surface area contributed by atoms with Gasteiger partial charge in [0.15, 0.2) is 0 Å². The fraction of sp³-hybridized carbons (Fsp3) is 0.641. The van der Waals surface area contributed by atoms with Crippen molar-refractivity contribution in [2.45, 2.75) is 155 Å². The Morgan fingerprint density at radius 1 is 0.872 bits per heavy atom. The van der Waals surface area contributed by atoms with Gasteiger partial charge in [0.25, 0.3) is 0 Å². The lowest BCUT2D eigenvalue weighted by Gasteiger charge is -2.22. The summed E-state index contributed by atoms with van der Waals surface area (Å²) in [6.45, 7) is 33.4. The predicted octanol–water partition coefficient (Wildman–Crippen LogP) is 14.2. The molecule has 0 N–H and O–H groups in total. The lowest BCUT2D eigenvalue weighted by Crippen LogP contribution is -2.08. The Hall–Kier alpha value is -1.82. The van der Waals surface area contributed by atoms with Crippen LogP contribution in [0.25, 0.3) is 5.57 Å². The molecule has 0 saturated heterocycles. The van der Waals surface area contributed by atoms with E-state index in [4.69, 9.17) is 0 Å². The molecule has 0 heteroatoms. The fourth-order valence-electron chi connectivity index (χ4n) is 3.81. The molecule has 2 rings (SSSR count). The smallest absolute Gasteiger partial charge is 0.0225 e. The minimum atomic E-state index is 1.02. The number of aryl methyl sites for hydroxylation is 1. The first kappa shape index (κ1) is 44.2. The quantitative estimate of drug-likeness (QED) is 0.248. The summed E-state index contributed by atoms with van der Waals surface area (Å²) in [5, 5.41) is 0. The number of hydrogen-bond acceptors (Lipinski definition) is 0. The molecule has 228 valence electrons. The van der Waals surface area contributed by atoms with Crippen LogP contribution in [0.1, 0.15) is 159 Å². The summed E-state index contributed by atoms with van der Waals surface area (Å²) >= 11 is 0. The van der Waals surface area contributed by atoms with Crippen molar-refractivity contribution >= 4 is 5.57 Å². The van der Waals surface area contributed by atoms with Gasteiger partial charge in [-0.25, -0.2) is 0 Å². The molecule has 0 aromatic heterocycles. The molecule has 0 amide bonds. The second-order valence-corrected chi connectivity index (χ2v) is 10.6. The van der Waals surface area contributed by atoms with Crippen LogP contribution in [-0.2, 0) is 6.42 Å². The Bertz CT molecular complexity index is 710. The van der Waals surface area contributed by atoms with Gasteiger partial charge < -0.3 is 0 Å². The van der Waals surface area contributed by atoms with E-state index in [2.05, 4.69) is 125 Å². The Labute approximate surface area is 249 Å². The first-order valence-corrected chi connectivity index (χ1v) is 16.2. The monoisotopic (exact) mass is 541 g/mol. The summed E-state index contributed by atoms with van der Waals surface area (Å²) in [5.41, 5.74) is 6.94. The molecule has 0 spiro atoms. The van der Waals surface area contributed by atoms with Crippen molar-refractivity contribution in [3.05, 3.63) is 77.4 Å². The molecule has 0 unspecified atom stereocenters. The molecule has 0 heterocycles. The van der Waals surface area contributed by atoms with E-state index >= 15 is 0 Å². The van der Waals surface area contributed by atoms with Crippen LogP contribution in [0.5, 0.6) is 0 Å². The van der Waals surface area contributed by atoms with E-state index in [9.17, 15) is 0 Å². The molecule has 1 aromatic rings. The van der Waals surface area contributed by atoms with Crippen LogP contribution in [0.2, 0.25) is 0 Å². The van der Waals surface area contributed by atoms with Gasteiger partial charge in [-0.1, -0.05) is 161 Å². The SMILES string of the molecule is C/C=C(\C)CCC.C=CC.CC.CC/C=C(C)\C=C(/C)c1cccc(CC)c1.CC1CCC(C)CC1.CCC. The third-order valence-electron chi connectivity index (χ3n) is 6.20. The average molecular weight is 541 g/mol. The molecular formula is C39H72. The summed E-state index contributed by atoms with van der Waals surface area (Å²) in [4.78, 5) is 0. The van der Waals surface area contributed by atoms with E-state index in [-0.39, 0.29) is 0 Å². The summed E-state index contributed by atoms with van der Waals surface area (Å²) in [5.74, 6) is 2.04. The Balaban J connectivity index is -0.000000224. The molecule has 39 heavy (non-hydrogen) atoms. The highest BCUT2D eigenvalue weighted by molar-refractivity contribution is 5.66. The fourth-order valence-corrected chi connectivity index (χ4v) is 3.81. The standard InChI is InChI=1S/C16H22.C8H16.C7H14.C3H8.C3H6.C2H6/c1-5-8-13(3)11-14(4)16-10-7-9-15(6-2)12-16;1-7-3-5-8(2)6-4-7;1-4-6-7(3)5-2;2*1-3-2;1-2/h7-12H,5-6H2,1-4H3;7-8H,3-6H2,1-2H3;5H,4,6H2,1-3H3;3H2,1-2H3;3H,1H2,2H3;1-2H3/b13-8-,14-11+;;7-5+;;;. The van der Waals surface area contributed by atoms with Crippen LogP contribution < -0.4 is 0 Å². The number of hydrogen-bond donors (Lipinski definition) is 0. The molecule has 0 radical (unpaired) electrons. The van der Waals surface area contributed by atoms with Crippen molar-refractivity contribution in [3.8, 4) is 0 Å². The van der Waals surface area contributed by atoms with Gasteiger partial charge in [0.2, 0.25) is 0 Å². The normalized spacial score (nSPS) is 16.6. The zero-order chi connectivity index (χ0) is 31.1. The van der Waals surface area contributed by atoms with Gasteiger partial charge >= 0.3 is 0 Å². The first-order valence-electron chi connectivity index (χ1n) is 16.2. The van der Waals surface area contributed by atoms with E-state index < -0.39 is 0 Å². The van der Waals surface area contributed by atoms with Gasteiger partial charge in [-0.3, -0.25) is 0 Å². The number of rotatable bonds is 6. The van der Waals surface area contributed by atoms with Crippen LogP contribution in [0.4, 0.5) is 0 Å². The molecule has 1 fully saturated rings. The van der Waals surface area contributed by atoms with Gasteiger partial charge in [-0.2, -0.15) is 0 Å². The molecule has 0 bridgehead atoms. The highest BCUT2D eigenvalue weighted by Gasteiger charge is 2.13. The van der Waals surface area contributed by atoms with Crippen LogP contribution in [-0.4, -0.2) is 0 Å². The van der Waals surface area contributed by atoms with Crippen molar-refractivity contribution in [2.75, 3.05) is 0 Å². The highest BCUT2D eigenvalue weighted by atomic mass is 14.2. The average Bonchev–Trinajstić information content (AvgIpc) is 2.93. The molecule has 1 saturated carbocycles. The Kier molecular flexibility index (Phi) is 38.8. The van der Waals surface area contributed by atoms with E-state index in [1.807, 2.05) is 20.8 Å². The van der Waals surface area contributed by atoms with Gasteiger partial charge in [0, 0.05) is 0 Å². The maximum atomic E-state index is 3.36. The van der Waals surface area contributed by atoms with Gasteiger partial charge in [-0.15, -0.1) is 6.58 Å². The molecule has 0 atom stereocenters. The topological polar surface area (TPSA) is 0 Å². The third kappa shape index (κ3) is 32.3. The molecule has 0 aliphatic heterocycles. The molecule has 0 nitrogen and oxygen atoms in total. The first-order chi connectivity index (χ1) is 18.6. The lowest BCUT2D eigenvalue weighted by molar-refractivity contribution is 0.308. The summed E-state index contributed by atoms with van der Waals surface area (Å²) < 4.78 is 0. The van der Waals surface area contributed by atoms with Crippen molar-refractivity contribution in [1.29, 1.82) is 0 Å². The maximum absolute atomic E-state index is 3.36. The summed E-state index contributed by atoms with van der Waals surface area (Å²) in [6, 6.07) is 8.80. The third-order valence-corrected chi connectivity index (χ3v) is 6.20. The van der Waals surface area contributed by atoms with Crippen molar-refractivity contribution in [2.24, 2.45) is 11.8 Å². The van der Waals surface area contributed by atoms with E-state index in [1.165, 1.54) is 72.8 Å². The van der Waals surface area contributed by atoms with E-state index in [0.717, 1.165) is 24.7 Å². The van der Waals surface area contributed by atoms with Crippen molar-refractivity contribution < 1.29 is 0 Å². The van der Waals surface area contributed by atoms with Crippen molar-refractivity contribution in [1.82, 2.24) is 0 Å². The minimum absolute atomic E-state index is 1.02. The second kappa shape index (κ2) is 34.2. The van der Waals surface area contributed by atoms with Gasteiger partial charge in [0.05, 0.1) is 0 Å². The molecular weight excluding hydrogens is 468 g/mol. The number of benzene rings is 1. The van der Waals surface area contributed by atoms with Crippen LogP contribution in [0.15, 0.2) is 66.3 Å². The van der Waals surface area contributed by atoms with E-state index in [0.29, 0.717) is 0 Å². The Morgan fingerprint density at radius 3 is 1.67 bits per heavy atom.